The van der Waals surface area contributed by atoms with Gasteiger partial charge in [0.2, 0.25) is 5.91 Å². The Labute approximate surface area is 225 Å². The standard InChI is InChI=1S/C23H27ClN4O4.C2HF3O2/c1-15(29)25-19-4-2-3-5-22(19)32-14-18(30)13-27-10-8-17(9-11-27)28-21-7-6-16(24)12-20(21)26-23(28)31;3-2(4,5)1(6)7/h2-7,12,17-18,30H,8-11,13-14H2,1H3,(H,25,29)(H,26,31);(H,6,7)/t18-;/m1./s1. The maximum absolute atomic E-state index is 12.5. The number of aromatic amines is 1. The Kier molecular flexibility index (Phi) is 10.0. The molecule has 14 heteroatoms. The number of anilines is 1. The van der Waals surface area contributed by atoms with Crippen molar-refractivity contribution in [3.05, 3.63) is 58.0 Å². The molecule has 1 atom stereocenters. The fourth-order valence-electron chi connectivity index (χ4n) is 4.25. The summed E-state index contributed by atoms with van der Waals surface area (Å²) in [6, 6.07) is 12.7. The molecule has 3 aromatic rings. The number of β-amino-alcohol motifs (C(OH)–C–C–N with tert-alkyl or cyclic N) is 1. The highest BCUT2D eigenvalue weighted by Crippen LogP contribution is 2.27. The predicted molar refractivity (Wildman–Crippen MR) is 138 cm³/mol. The number of rotatable bonds is 7. The number of carboxylic acid groups (broad SMARTS) is 1. The van der Waals surface area contributed by atoms with E-state index in [0.717, 1.165) is 37.0 Å². The molecule has 1 saturated heterocycles. The molecule has 10 nitrogen and oxygen atoms in total. The van der Waals surface area contributed by atoms with Crippen LogP contribution in [0.5, 0.6) is 5.75 Å². The maximum atomic E-state index is 12.5. The highest BCUT2D eigenvalue weighted by molar-refractivity contribution is 6.31. The topological polar surface area (TPSA) is 137 Å². The lowest BCUT2D eigenvalue weighted by atomic mass is 10.0. The van der Waals surface area contributed by atoms with Gasteiger partial charge < -0.3 is 30.2 Å². The van der Waals surface area contributed by atoms with Crippen LogP contribution in [-0.2, 0) is 9.59 Å². The van der Waals surface area contributed by atoms with E-state index in [4.69, 9.17) is 26.2 Å². The van der Waals surface area contributed by atoms with E-state index >= 15 is 0 Å². The lowest BCUT2D eigenvalue weighted by Gasteiger charge is -2.33. The number of aliphatic hydroxyl groups is 1. The van der Waals surface area contributed by atoms with Crippen molar-refractivity contribution in [2.24, 2.45) is 0 Å². The van der Waals surface area contributed by atoms with Gasteiger partial charge in [0, 0.05) is 37.6 Å². The van der Waals surface area contributed by atoms with Gasteiger partial charge in [0.1, 0.15) is 18.5 Å². The van der Waals surface area contributed by atoms with Crippen LogP contribution in [0.2, 0.25) is 5.02 Å². The predicted octanol–water partition coefficient (Wildman–Crippen LogP) is 3.65. The van der Waals surface area contributed by atoms with Crippen molar-refractivity contribution < 1.29 is 37.7 Å². The molecule has 4 rings (SSSR count). The average molecular weight is 573 g/mol. The first-order valence-electron chi connectivity index (χ1n) is 11.9. The van der Waals surface area contributed by atoms with Crippen LogP contribution in [0.25, 0.3) is 11.0 Å². The SMILES string of the molecule is CC(=O)Nc1ccccc1OC[C@H](O)CN1CCC(n2c(=O)[nH]c3cc(Cl)ccc32)CC1.O=C(O)C(F)(F)F. The number of nitrogens with zero attached hydrogens (tertiary/aromatic N) is 2. The largest absolute Gasteiger partial charge is 0.490 e. The van der Waals surface area contributed by atoms with Gasteiger partial charge in [-0.3, -0.25) is 9.36 Å². The van der Waals surface area contributed by atoms with Gasteiger partial charge >= 0.3 is 17.8 Å². The third kappa shape index (κ3) is 8.47. The third-order valence-electron chi connectivity index (χ3n) is 5.94. The zero-order chi connectivity index (χ0) is 28.7. The summed E-state index contributed by atoms with van der Waals surface area (Å²) < 4.78 is 39.3. The molecule has 2 heterocycles. The molecule has 0 aliphatic carbocycles. The van der Waals surface area contributed by atoms with Crippen LogP contribution in [0.15, 0.2) is 47.3 Å². The van der Waals surface area contributed by atoms with Gasteiger partial charge in [-0.05, 0) is 43.2 Å². The summed E-state index contributed by atoms with van der Waals surface area (Å²) in [7, 11) is 0. The zero-order valence-electron chi connectivity index (χ0n) is 20.9. The number of halogens is 4. The van der Waals surface area contributed by atoms with Crippen LogP contribution in [0, 0.1) is 0 Å². The van der Waals surface area contributed by atoms with Crippen molar-refractivity contribution in [1.29, 1.82) is 0 Å². The van der Waals surface area contributed by atoms with Crippen molar-refractivity contribution in [3.63, 3.8) is 0 Å². The van der Waals surface area contributed by atoms with Crippen molar-refractivity contribution in [3.8, 4) is 5.75 Å². The molecule has 1 amide bonds. The van der Waals surface area contributed by atoms with Crippen LogP contribution < -0.4 is 15.7 Å². The number of H-pyrrole nitrogens is 1. The van der Waals surface area contributed by atoms with Crippen LogP contribution in [-0.4, -0.2) is 75.1 Å². The summed E-state index contributed by atoms with van der Waals surface area (Å²) in [5.41, 5.74) is 2.08. The zero-order valence-corrected chi connectivity index (χ0v) is 21.6. The number of ether oxygens (including phenoxy) is 1. The maximum Gasteiger partial charge on any atom is 0.490 e. The van der Waals surface area contributed by atoms with Crippen LogP contribution >= 0.6 is 11.6 Å². The van der Waals surface area contributed by atoms with Gasteiger partial charge in [-0.1, -0.05) is 23.7 Å². The van der Waals surface area contributed by atoms with E-state index in [9.17, 15) is 27.9 Å². The lowest BCUT2D eigenvalue weighted by Crippen LogP contribution is -2.42. The van der Waals surface area contributed by atoms with E-state index in [1.54, 1.807) is 24.3 Å². The lowest BCUT2D eigenvalue weighted by molar-refractivity contribution is -0.192. The molecule has 2 aromatic carbocycles. The number of nitrogens with one attached hydrogen (secondary N) is 2. The van der Waals surface area contributed by atoms with Gasteiger partial charge in [-0.15, -0.1) is 0 Å². The quantitative estimate of drug-likeness (QED) is 0.339. The number of fused-ring (bicyclic) bond motifs is 1. The first-order chi connectivity index (χ1) is 18.3. The second kappa shape index (κ2) is 13.0. The molecule has 1 fully saturated rings. The van der Waals surface area contributed by atoms with E-state index in [0.29, 0.717) is 23.0 Å². The average Bonchev–Trinajstić information content (AvgIpc) is 3.18. The summed E-state index contributed by atoms with van der Waals surface area (Å²) in [6.45, 7) is 3.59. The summed E-state index contributed by atoms with van der Waals surface area (Å²) in [6.07, 6.45) is -4.13. The molecule has 0 spiro atoms. The summed E-state index contributed by atoms with van der Waals surface area (Å²) >= 11 is 6.04. The number of hydrogen-bond acceptors (Lipinski definition) is 6. The number of aliphatic hydroxyl groups excluding tert-OH is 1. The minimum absolute atomic E-state index is 0.103. The van der Waals surface area contributed by atoms with Crippen molar-refractivity contribution >= 4 is 40.2 Å². The van der Waals surface area contributed by atoms with E-state index in [1.165, 1.54) is 6.92 Å². The van der Waals surface area contributed by atoms with E-state index in [1.807, 2.05) is 22.8 Å². The third-order valence-corrected chi connectivity index (χ3v) is 6.18. The van der Waals surface area contributed by atoms with Gasteiger partial charge in [0.05, 0.1) is 16.7 Å². The molecular formula is C25H28ClF3N4O6. The molecule has 4 N–H and O–H groups in total. The highest BCUT2D eigenvalue weighted by atomic mass is 35.5. The Bertz CT molecular complexity index is 1350. The fraction of sp³-hybridized carbons (Fsp3) is 0.400. The van der Waals surface area contributed by atoms with E-state index in [2.05, 4.69) is 15.2 Å². The smallest absolute Gasteiger partial charge is 0.489 e. The van der Waals surface area contributed by atoms with Crippen molar-refractivity contribution in [2.45, 2.75) is 38.1 Å². The molecular weight excluding hydrogens is 545 g/mol. The number of benzene rings is 2. The molecule has 0 bridgehead atoms. The normalized spacial score (nSPS) is 15.3. The number of aromatic nitrogens is 2. The first kappa shape index (κ1) is 30.0. The minimum atomic E-state index is -5.08. The Morgan fingerprint density at radius 3 is 2.46 bits per heavy atom. The van der Waals surface area contributed by atoms with Crippen LogP contribution in [0.3, 0.4) is 0 Å². The molecule has 0 unspecified atom stereocenters. The van der Waals surface area contributed by atoms with Gasteiger partial charge in [-0.25, -0.2) is 9.59 Å². The number of piperidine rings is 1. The van der Waals surface area contributed by atoms with E-state index in [-0.39, 0.29) is 24.2 Å². The second-order valence-electron chi connectivity index (χ2n) is 8.94. The summed E-state index contributed by atoms with van der Waals surface area (Å²) in [5.74, 6) is -2.41. The van der Waals surface area contributed by atoms with Crippen LogP contribution in [0.1, 0.15) is 25.8 Å². The van der Waals surface area contributed by atoms with Crippen molar-refractivity contribution in [1.82, 2.24) is 14.5 Å². The number of alkyl halides is 3. The highest BCUT2D eigenvalue weighted by Gasteiger charge is 2.38. The van der Waals surface area contributed by atoms with Crippen LogP contribution in [0.4, 0.5) is 18.9 Å². The number of carboxylic acids is 1. The second-order valence-corrected chi connectivity index (χ2v) is 9.37. The monoisotopic (exact) mass is 572 g/mol. The molecule has 39 heavy (non-hydrogen) atoms. The van der Waals surface area contributed by atoms with Gasteiger partial charge in [0.25, 0.3) is 0 Å². The molecule has 1 aliphatic rings. The number of hydrogen-bond donors (Lipinski definition) is 4. The van der Waals surface area contributed by atoms with Gasteiger partial charge in [-0.2, -0.15) is 13.2 Å². The molecule has 1 aliphatic heterocycles. The Morgan fingerprint density at radius 2 is 1.85 bits per heavy atom. The molecule has 0 saturated carbocycles. The number of carbonyl (C=O) groups excluding carboxylic acids is 1. The Hall–Kier alpha value is -3.55. The molecule has 0 radical (unpaired) electrons. The van der Waals surface area contributed by atoms with E-state index < -0.39 is 18.2 Å². The first-order valence-corrected chi connectivity index (χ1v) is 12.3. The number of aliphatic carboxylic acids is 1. The Balaban J connectivity index is 0.000000532. The number of imidazole rings is 1. The summed E-state index contributed by atoms with van der Waals surface area (Å²) in [5, 5.41) is 20.9. The summed E-state index contributed by atoms with van der Waals surface area (Å²) in [4.78, 5) is 37.8. The Morgan fingerprint density at radius 1 is 1.21 bits per heavy atom. The fourth-order valence-corrected chi connectivity index (χ4v) is 4.42. The number of para-hydroxylation sites is 2. The van der Waals surface area contributed by atoms with Gasteiger partial charge in [0.15, 0.2) is 0 Å². The number of likely N-dealkylation sites (tertiary alicyclic amines) is 1. The number of amides is 1. The number of carbonyl (C=O) groups is 2. The molecule has 212 valence electrons. The molecule has 1 aromatic heterocycles. The van der Waals surface area contributed by atoms with Crippen molar-refractivity contribution in [2.75, 3.05) is 31.6 Å². The minimum Gasteiger partial charge on any atom is -0.489 e.